The first-order valence-electron chi connectivity index (χ1n) is 6.69. The maximum Gasteiger partial charge on any atom is 0.412 e. The fraction of sp³-hybridized carbons (Fsp3) is 0.125. The minimum Gasteiger partial charge on any atom is -0.410 e. The number of benzene rings is 2. The SMILES string of the molecule is O=C(NCCNC(=O)c1cccc(F)c1)Oc1ccccc1. The van der Waals surface area contributed by atoms with Gasteiger partial charge in [-0.15, -0.1) is 0 Å². The molecule has 2 rings (SSSR count). The van der Waals surface area contributed by atoms with Crippen LogP contribution in [0.1, 0.15) is 10.4 Å². The molecule has 0 saturated carbocycles. The van der Waals surface area contributed by atoms with E-state index in [2.05, 4.69) is 10.6 Å². The van der Waals surface area contributed by atoms with Gasteiger partial charge in [0.2, 0.25) is 0 Å². The normalized spacial score (nSPS) is 9.86. The van der Waals surface area contributed by atoms with Gasteiger partial charge in [0.15, 0.2) is 0 Å². The smallest absolute Gasteiger partial charge is 0.410 e. The number of carbonyl (C=O) groups is 2. The molecule has 0 atom stereocenters. The highest BCUT2D eigenvalue weighted by Crippen LogP contribution is 2.07. The highest BCUT2D eigenvalue weighted by atomic mass is 19.1. The van der Waals surface area contributed by atoms with Crippen molar-refractivity contribution in [3.63, 3.8) is 0 Å². The Balaban J connectivity index is 1.68. The summed E-state index contributed by atoms with van der Waals surface area (Å²) in [5, 5.41) is 5.07. The number of halogens is 1. The van der Waals surface area contributed by atoms with Gasteiger partial charge < -0.3 is 15.4 Å². The van der Waals surface area contributed by atoms with Gasteiger partial charge in [-0.05, 0) is 30.3 Å². The van der Waals surface area contributed by atoms with Crippen molar-refractivity contribution in [3.8, 4) is 5.75 Å². The van der Waals surface area contributed by atoms with Crippen molar-refractivity contribution in [2.24, 2.45) is 0 Å². The number of rotatable bonds is 5. The van der Waals surface area contributed by atoms with Gasteiger partial charge in [-0.1, -0.05) is 24.3 Å². The van der Waals surface area contributed by atoms with Crippen molar-refractivity contribution in [1.29, 1.82) is 0 Å². The lowest BCUT2D eigenvalue weighted by Gasteiger charge is -2.08. The van der Waals surface area contributed by atoms with Gasteiger partial charge >= 0.3 is 6.09 Å². The third-order valence-corrected chi connectivity index (χ3v) is 2.72. The minimum atomic E-state index is -0.605. The Bertz CT molecular complexity index is 647. The van der Waals surface area contributed by atoms with E-state index < -0.39 is 17.8 Å². The third-order valence-electron chi connectivity index (χ3n) is 2.72. The molecule has 22 heavy (non-hydrogen) atoms. The first-order valence-corrected chi connectivity index (χ1v) is 6.69. The van der Waals surface area contributed by atoms with Crippen molar-refractivity contribution < 1.29 is 18.7 Å². The molecule has 2 aromatic carbocycles. The van der Waals surface area contributed by atoms with E-state index in [1.165, 1.54) is 18.2 Å². The highest BCUT2D eigenvalue weighted by molar-refractivity contribution is 5.94. The molecule has 2 aromatic rings. The van der Waals surface area contributed by atoms with Crippen LogP contribution in [0.4, 0.5) is 9.18 Å². The molecule has 0 saturated heterocycles. The number of amides is 2. The Kier molecular flexibility index (Phi) is 5.48. The summed E-state index contributed by atoms with van der Waals surface area (Å²) in [5.41, 5.74) is 0.229. The molecule has 0 fully saturated rings. The molecule has 0 aliphatic heterocycles. The average molecular weight is 302 g/mol. The quantitative estimate of drug-likeness (QED) is 0.833. The lowest BCUT2D eigenvalue weighted by Crippen LogP contribution is -2.36. The fourth-order valence-corrected chi connectivity index (χ4v) is 1.70. The standard InChI is InChI=1S/C16H15FN2O3/c17-13-6-4-5-12(11-13)15(20)18-9-10-19-16(21)22-14-7-2-1-3-8-14/h1-8,11H,9-10H2,(H,18,20)(H,19,21). The minimum absolute atomic E-state index is 0.201. The van der Waals surface area contributed by atoms with Crippen molar-refractivity contribution >= 4 is 12.0 Å². The zero-order valence-electron chi connectivity index (χ0n) is 11.7. The second-order valence-electron chi connectivity index (χ2n) is 4.40. The maximum absolute atomic E-state index is 13.0. The molecule has 0 bridgehead atoms. The van der Waals surface area contributed by atoms with Gasteiger partial charge in [0.1, 0.15) is 11.6 Å². The molecule has 0 aromatic heterocycles. The molecule has 0 heterocycles. The molecule has 0 radical (unpaired) electrons. The Morgan fingerprint density at radius 3 is 2.41 bits per heavy atom. The van der Waals surface area contributed by atoms with Crippen LogP contribution in [-0.2, 0) is 0 Å². The average Bonchev–Trinajstić information content (AvgIpc) is 2.52. The Morgan fingerprint density at radius 1 is 0.955 bits per heavy atom. The van der Waals surface area contributed by atoms with Gasteiger partial charge in [0.05, 0.1) is 0 Å². The summed E-state index contributed by atoms with van der Waals surface area (Å²) in [6.07, 6.45) is -0.605. The Hall–Kier alpha value is -2.89. The van der Waals surface area contributed by atoms with Crippen LogP contribution in [0.3, 0.4) is 0 Å². The van der Waals surface area contributed by atoms with Crippen molar-refractivity contribution in [1.82, 2.24) is 10.6 Å². The van der Waals surface area contributed by atoms with Crippen LogP contribution >= 0.6 is 0 Å². The summed E-state index contributed by atoms with van der Waals surface area (Å²) in [6, 6.07) is 14.0. The summed E-state index contributed by atoms with van der Waals surface area (Å²) in [4.78, 5) is 23.2. The summed E-state index contributed by atoms with van der Waals surface area (Å²) in [6.45, 7) is 0.409. The second kappa shape index (κ2) is 7.78. The van der Waals surface area contributed by atoms with E-state index in [4.69, 9.17) is 4.74 Å². The molecule has 0 unspecified atom stereocenters. The number of hydrogen-bond acceptors (Lipinski definition) is 3. The van der Waals surface area contributed by atoms with Gasteiger partial charge in [-0.25, -0.2) is 9.18 Å². The van der Waals surface area contributed by atoms with Crippen LogP contribution in [0.2, 0.25) is 0 Å². The molecule has 2 amide bonds. The highest BCUT2D eigenvalue weighted by Gasteiger charge is 2.06. The van der Waals surface area contributed by atoms with Gasteiger partial charge in [0.25, 0.3) is 5.91 Å². The van der Waals surface area contributed by atoms with E-state index in [1.807, 2.05) is 6.07 Å². The Labute approximate surface area is 127 Å². The van der Waals surface area contributed by atoms with Gasteiger partial charge in [-0.3, -0.25) is 4.79 Å². The molecule has 114 valence electrons. The second-order valence-corrected chi connectivity index (χ2v) is 4.40. The molecular formula is C16H15FN2O3. The molecule has 0 aliphatic rings. The molecule has 5 nitrogen and oxygen atoms in total. The zero-order chi connectivity index (χ0) is 15.8. The number of hydrogen-bond donors (Lipinski definition) is 2. The van der Waals surface area contributed by atoms with Gasteiger partial charge in [0, 0.05) is 18.7 Å². The van der Waals surface area contributed by atoms with Crippen LogP contribution in [0.25, 0.3) is 0 Å². The zero-order valence-corrected chi connectivity index (χ0v) is 11.7. The maximum atomic E-state index is 13.0. The van der Waals surface area contributed by atoms with E-state index in [9.17, 15) is 14.0 Å². The third kappa shape index (κ3) is 4.90. The largest absolute Gasteiger partial charge is 0.412 e. The predicted octanol–water partition coefficient (Wildman–Crippen LogP) is 2.34. The van der Waals surface area contributed by atoms with E-state index >= 15 is 0 Å². The van der Waals surface area contributed by atoms with Crippen LogP contribution in [0.15, 0.2) is 54.6 Å². The monoisotopic (exact) mass is 302 g/mol. The summed E-state index contributed by atoms with van der Waals surface area (Å²) in [7, 11) is 0. The first-order chi connectivity index (χ1) is 10.6. The molecule has 2 N–H and O–H groups in total. The topological polar surface area (TPSA) is 67.4 Å². The number of ether oxygens (including phenoxy) is 1. The Morgan fingerprint density at radius 2 is 1.68 bits per heavy atom. The van der Waals surface area contributed by atoms with Crippen molar-refractivity contribution in [3.05, 3.63) is 66.0 Å². The van der Waals surface area contributed by atoms with Crippen LogP contribution in [0.5, 0.6) is 5.75 Å². The van der Waals surface area contributed by atoms with Gasteiger partial charge in [-0.2, -0.15) is 0 Å². The van der Waals surface area contributed by atoms with Crippen LogP contribution in [0, 0.1) is 5.82 Å². The van der Waals surface area contributed by atoms with Crippen molar-refractivity contribution in [2.75, 3.05) is 13.1 Å². The number of para-hydroxylation sites is 1. The molecular weight excluding hydrogens is 287 g/mol. The van der Waals surface area contributed by atoms with E-state index in [0.29, 0.717) is 5.75 Å². The summed E-state index contributed by atoms with van der Waals surface area (Å²) < 4.78 is 18.0. The van der Waals surface area contributed by atoms with Crippen LogP contribution < -0.4 is 15.4 Å². The predicted molar refractivity (Wildman–Crippen MR) is 79.2 cm³/mol. The van der Waals surface area contributed by atoms with Crippen molar-refractivity contribution in [2.45, 2.75) is 0 Å². The number of carbonyl (C=O) groups excluding carboxylic acids is 2. The lowest BCUT2D eigenvalue weighted by atomic mass is 10.2. The first kappa shape index (κ1) is 15.5. The van der Waals surface area contributed by atoms with E-state index in [1.54, 1.807) is 24.3 Å². The fourth-order valence-electron chi connectivity index (χ4n) is 1.70. The lowest BCUT2D eigenvalue weighted by molar-refractivity contribution is 0.0953. The number of nitrogens with one attached hydrogen (secondary N) is 2. The van der Waals surface area contributed by atoms with E-state index in [0.717, 1.165) is 6.07 Å². The molecule has 0 spiro atoms. The van der Waals surface area contributed by atoms with E-state index in [-0.39, 0.29) is 18.7 Å². The molecule has 0 aliphatic carbocycles. The summed E-state index contributed by atoms with van der Waals surface area (Å²) >= 11 is 0. The van der Waals surface area contributed by atoms with Crippen LogP contribution in [-0.4, -0.2) is 25.1 Å². The molecule has 6 heteroatoms. The summed E-state index contributed by atoms with van der Waals surface area (Å²) in [5.74, 6) is -0.446.